The quantitative estimate of drug-likeness (QED) is 0.0346. The lowest BCUT2D eigenvalue weighted by atomic mass is 10.0. The standard InChI is InChI=1S/C52H100O6/c1-5-8-11-14-17-20-23-26-29-32-35-38-41-44-49(53)56-47-52(4,58-51(55)46-43-40-37-34-31-28-25-22-19-16-13-10-7-3)48-57-50(54)45-42-39-36-33-30-27-24-21-18-15-12-9-6-2/h5-48H2,1-4H3. The van der Waals surface area contributed by atoms with E-state index in [0.717, 1.165) is 57.8 Å². The van der Waals surface area contributed by atoms with E-state index in [1.165, 1.54) is 193 Å². The molecule has 0 spiro atoms. The fourth-order valence-corrected chi connectivity index (χ4v) is 7.90. The highest BCUT2D eigenvalue weighted by Crippen LogP contribution is 2.19. The van der Waals surface area contributed by atoms with Gasteiger partial charge in [0.2, 0.25) is 0 Å². The van der Waals surface area contributed by atoms with E-state index in [1.807, 2.05) is 0 Å². The van der Waals surface area contributed by atoms with E-state index in [9.17, 15) is 14.4 Å². The summed E-state index contributed by atoms with van der Waals surface area (Å²) in [5.41, 5.74) is -1.19. The first-order valence-corrected chi connectivity index (χ1v) is 25.9. The summed E-state index contributed by atoms with van der Waals surface area (Å²) in [6.45, 7) is 8.33. The van der Waals surface area contributed by atoms with Crippen LogP contribution in [0.15, 0.2) is 0 Å². The summed E-state index contributed by atoms with van der Waals surface area (Å²) in [4.78, 5) is 38.4. The van der Waals surface area contributed by atoms with Gasteiger partial charge in [0, 0.05) is 19.3 Å². The largest absolute Gasteiger partial charge is 0.461 e. The van der Waals surface area contributed by atoms with Crippen LogP contribution in [0.2, 0.25) is 0 Å². The molecule has 0 aliphatic carbocycles. The summed E-state index contributed by atoms with van der Waals surface area (Å²) >= 11 is 0. The fraction of sp³-hybridized carbons (Fsp3) is 0.942. The van der Waals surface area contributed by atoms with E-state index >= 15 is 0 Å². The van der Waals surface area contributed by atoms with Crippen LogP contribution in [0, 0.1) is 0 Å². The Kier molecular flexibility index (Phi) is 43.7. The molecule has 0 rings (SSSR count). The Hall–Kier alpha value is -1.59. The molecule has 6 heteroatoms. The van der Waals surface area contributed by atoms with Crippen molar-refractivity contribution in [2.45, 2.75) is 303 Å². The number of ether oxygens (including phenoxy) is 3. The minimum Gasteiger partial charge on any atom is -0.461 e. The summed E-state index contributed by atoms with van der Waals surface area (Å²) in [7, 11) is 0. The maximum absolute atomic E-state index is 13.0. The van der Waals surface area contributed by atoms with Crippen LogP contribution in [0.25, 0.3) is 0 Å². The Morgan fingerprint density at radius 2 is 0.483 bits per heavy atom. The second-order valence-electron chi connectivity index (χ2n) is 18.2. The van der Waals surface area contributed by atoms with Crippen LogP contribution in [0.4, 0.5) is 0 Å². The smallest absolute Gasteiger partial charge is 0.306 e. The molecule has 0 saturated carbocycles. The van der Waals surface area contributed by atoms with Gasteiger partial charge in [0.1, 0.15) is 13.2 Å². The van der Waals surface area contributed by atoms with Crippen LogP contribution in [0.5, 0.6) is 0 Å². The second-order valence-corrected chi connectivity index (χ2v) is 18.2. The minimum atomic E-state index is -1.19. The molecular weight excluding hydrogens is 721 g/mol. The predicted molar refractivity (Wildman–Crippen MR) is 247 cm³/mol. The van der Waals surface area contributed by atoms with E-state index in [4.69, 9.17) is 14.2 Å². The van der Waals surface area contributed by atoms with Crippen LogP contribution in [0.3, 0.4) is 0 Å². The number of rotatable bonds is 47. The van der Waals surface area contributed by atoms with E-state index in [0.29, 0.717) is 19.3 Å². The lowest BCUT2D eigenvalue weighted by Crippen LogP contribution is -2.42. The normalized spacial score (nSPS) is 11.6. The van der Waals surface area contributed by atoms with Crippen LogP contribution in [0.1, 0.15) is 297 Å². The van der Waals surface area contributed by atoms with Gasteiger partial charge in [-0.05, 0) is 26.2 Å². The molecule has 0 aromatic rings. The Morgan fingerprint density at radius 1 is 0.293 bits per heavy atom. The van der Waals surface area contributed by atoms with Crippen molar-refractivity contribution in [2.24, 2.45) is 0 Å². The molecule has 0 N–H and O–H groups in total. The molecule has 0 unspecified atom stereocenters. The molecule has 0 atom stereocenters. The minimum absolute atomic E-state index is 0.0966. The summed E-state index contributed by atoms with van der Waals surface area (Å²) < 4.78 is 17.2. The van der Waals surface area contributed by atoms with Gasteiger partial charge in [-0.25, -0.2) is 0 Å². The zero-order chi connectivity index (χ0) is 42.5. The van der Waals surface area contributed by atoms with Gasteiger partial charge in [0.15, 0.2) is 5.60 Å². The van der Waals surface area contributed by atoms with E-state index in [1.54, 1.807) is 6.92 Å². The molecule has 0 aromatic carbocycles. The van der Waals surface area contributed by atoms with Crippen molar-refractivity contribution < 1.29 is 28.6 Å². The van der Waals surface area contributed by atoms with E-state index in [2.05, 4.69) is 20.8 Å². The van der Waals surface area contributed by atoms with Gasteiger partial charge in [-0.3, -0.25) is 14.4 Å². The van der Waals surface area contributed by atoms with Gasteiger partial charge in [0.05, 0.1) is 0 Å². The van der Waals surface area contributed by atoms with Crippen molar-refractivity contribution in [3.8, 4) is 0 Å². The van der Waals surface area contributed by atoms with Gasteiger partial charge in [0.25, 0.3) is 0 Å². The number of hydrogen-bond donors (Lipinski definition) is 0. The third-order valence-corrected chi connectivity index (χ3v) is 11.9. The molecular formula is C52H100O6. The first-order valence-electron chi connectivity index (χ1n) is 25.9. The van der Waals surface area contributed by atoms with Gasteiger partial charge in [-0.15, -0.1) is 0 Å². The average molecular weight is 821 g/mol. The zero-order valence-electron chi connectivity index (χ0n) is 39.6. The Balaban J connectivity index is 4.45. The van der Waals surface area contributed by atoms with Crippen molar-refractivity contribution in [3.05, 3.63) is 0 Å². The predicted octanol–water partition coefficient (Wildman–Crippen LogP) is 16.8. The van der Waals surface area contributed by atoms with Crippen molar-refractivity contribution in [3.63, 3.8) is 0 Å². The molecule has 0 saturated heterocycles. The van der Waals surface area contributed by atoms with Crippen molar-refractivity contribution in [2.75, 3.05) is 13.2 Å². The molecule has 0 aliphatic heterocycles. The van der Waals surface area contributed by atoms with Gasteiger partial charge < -0.3 is 14.2 Å². The molecule has 0 heterocycles. The third-order valence-electron chi connectivity index (χ3n) is 11.9. The summed E-state index contributed by atoms with van der Waals surface area (Å²) in [5.74, 6) is -0.870. The maximum atomic E-state index is 13.0. The highest BCUT2D eigenvalue weighted by atomic mass is 16.6. The molecule has 344 valence electrons. The molecule has 0 radical (unpaired) electrons. The molecule has 0 aromatic heterocycles. The van der Waals surface area contributed by atoms with E-state index < -0.39 is 5.60 Å². The number of carbonyl (C=O) groups is 3. The van der Waals surface area contributed by atoms with Gasteiger partial charge in [-0.1, -0.05) is 252 Å². The second kappa shape index (κ2) is 44.9. The Labute approximate surface area is 361 Å². The van der Waals surface area contributed by atoms with E-state index in [-0.39, 0.29) is 31.1 Å². The monoisotopic (exact) mass is 821 g/mol. The highest BCUT2D eigenvalue weighted by molar-refractivity contribution is 5.71. The zero-order valence-corrected chi connectivity index (χ0v) is 39.6. The van der Waals surface area contributed by atoms with Crippen LogP contribution in [-0.2, 0) is 28.6 Å². The lowest BCUT2D eigenvalue weighted by molar-refractivity contribution is -0.182. The molecule has 0 amide bonds. The molecule has 0 aliphatic rings. The third kappa shape index (κ3) is 42.5. The van der Waals surface area contributed by atoms with Crippen LogP contribution >= 0.6 is 0 Å². The Morgan fingerprint density at radius 3 is 0.707 bits per heavy atom. The fourth-order valence-electron chi connectivity index (χ4n) is 7.90. The van der Waals surface area contributed by atoms with Crippen molar-refractivity contribution in [1.29, 1.82) is 0 Å². The molecule has 0 fully saturated rings. The van der Waals surface area contributed by atoms with Gasteiger partial charge in [-0.2, -0.15) is 0 Å². The van der Waals surface area contributed by atoms with Crippen molar-refractivity contribution in [1.82, 2.24) is 0 Å². The molecule has 6 nitrogen and oxygen atoms in total. The SMILES string of the molecule is CCCCCCCCCCCCCCCC(=O)OCC(C)(COC(=O)CCCCCCCCCCCCCCC)OC(=O)CCCCCCCCCCCCCCC. The van der Waals surface area contributed by atoms with Crippen LogP contribution < -0.4 is 0 Å². The maximum Gasteiger partial charge on any atom is 0.306 e. The average Bonchev–Trinajstić information content (AvgIpc) is 3.21. The van der Waals surface area contributed by atoms with Gasteiger partial charge >= 0.3 is 17.9 Å². The number of hydrogen-bond acceptors (Lipinski definition) is 6. The first-order chi connectivity index (χ1) is 28.4. The summed E-state index contributed by atoms with van der Waals surface area (Å²) in [5, 5.41) is 0. The number of unbranched alkanes of at least 4 members (excludes halogenated alkanes) is 36. The number of esters is 3. The first kappa shape index (κ1) is 56.4. The summed E-state index contributed by atoms with van der Waals surface area (Å²) in [6.07, 6.45) is 49.9. The number of carbonyl (C=O) groups excluding carboxylic acids is 3. The van der Waals surface area contributed by atoms with Crippen LogP contribution in [-0.4, -0.2) is 36.7 Å². The topological polar surface area (TPSA) is 78.9 Å². The summed E-state index contributed by atoms with van der Waals surface area (Å²) in [6, 6.07) is 0. The molecule has 58 heavy (non-hydrogen) atoms. The Bertz CT molecular complexity index is 841. The van der Waals surface area contributed by atoms with Crippen molar-refractivity contribution >= 4 is 17.9 Å². The molecule has 0 bridgehead atoms. The lowest BCUT2D eigenvalue weighted by Gasteiger charge is -2.28. The highest BCUT2D eigenvalue weighted by Gasteiger charge is 2.33.